The standard InChI is InChI=1S/C24H31NO4/c1-5-6-13-27-23-16-19(2)24(20(3)17-23)29-15-14-28-22-11-7-9-21(18-22)10-8-12-25-26-4/h5-7,9,11-12,16-18H,8,10,13-15H2,1-4H3/b6-5+,25-12?. The summed E-state index contributed by atoms with van der Waals surface area (Å²) >= 11 is 0. The molecule has 0 saturated heterocycles. The lowest BCUT2D eigenvalue weighted by atomic mass is 10.1. The molecule has 2 rings (SSSR count). The van der Waals surface area contributed by atoms with E-state index in [9.17, 15) is 0 Å². The third kappa shape index (κ3) is 7.90. The summed E-state index contributed by atoms with van der Waals surface area (Å²) in [5.41, 5.74) is 3.31. The zero-order valence-electron chi connectivity index (χ0n) is 17.8. The van der Waals surface area contributed by atoms with Gasteiger partial charge in [-0.15, -0.1) is 0 Å². The Balaban J connectivity index is 1.82. The van der Waals surface area contributed by atoms with Crippen LogP contribution in [0.3, 0.4) is 0 Å². The van der Waals surface area contributed by atoms with E-state index >= 15 is 0 Å². The summed E-state index contributed by atoms with van der Waals surface area (Å²) in [6, 6.07) is 12.1. The molecule has 0 spiro atoms. The van der Waals surface area contributed by atoms with E-state index in [-0.39, 0.29) is 0 Å². The van der Waals surface area contributed by atoms with Gasteiger partial charge >= 0.3 is 0 Å². The van der Waals surface area contributed by atoms with E-state index in [1.807, 2.05) is 63.3 Å². The second-order valence-corrected chi connectivity index (χ2v) is 6.62. The van der Waals surface area contributed by atoms with Crippen molar-refractivity contribution in [1.29, 1.82) is 0 Å². The maximum atomic E-state index is 5.97. The maximum Gasteiger partial charge on any atom is 0.125 e. The normalized spacial score (nSPS) is 11.2. The molecule has 0 aliphatic carbocycles. The molecule has 0 N–H and O–H groups in total. The van der Waals surface area contributed by atoms with E-state index in [1.54, 1.807) is 13.3 Å². The zero-order chi connectivity index (χ0) is 20.9. The van der Waals surface area contributed by atoms with Crippen molar-refractivity contribution in [3.63, 3.8) is 0 Å². The summed E-state index contributed by atoms with van der Waals surface area (Å²) < 4.78 is 17.5. The highest BCUT2D eigenvalue weighted by atomic mass is 16.6. The molecule has 0 atom stereocenters. The van der Waals surface area contributed by atoms with Crippen LogP contribution < -0.4 is 14.2 Å². The fraction of sp³-hybridized carbons (Fsp3) is 0.375. The monoisotopic (exact) mass is 397 g/mol. The van der Waals surface area contributed by atoms with Crippen molar-refractivity contribution < 1.29 is 19.0 Å². The second-order valence-electron chi connectivity index (χ2n) is 6.62. The molecule has 2 aromatic rings. The molecule has 0 amide bonds. The molecule has 0 aromatic heterocycles. The predicted molar refractivity (Wildman–Crippen MR) is 117 cm³/mol. The van der Waals surface area contributed by atoms with Gasteiger partial charge in [-0.3, -0.25) is 0 Å². The predicted octanol–water partition coefficient (Wildman–Crippen LogP) is 5.28. The van der Waals surface area contributed by atoms with Crippen LogP contribution in [0.15, 0.2) is 53.7 Å². The minimum absolute atomic E-state index is 0.477. The Bertz CT molecular complexity index is 791. The van der Waals surface area contributed by atoms with Crippen molar-refractivity contribution >= 4 is 6.21 Å². The Morgan fingerprint density at radius 1 is 0.931 bits per heavy atom. The molecule has 0 unspecified atom stereocenters. The number of ether oxygens (including phenoxy) is 3. The largest absolute Gasteiger partial charge is 0.490 e. The fourth-order valence-corrected chi connectivity index (χ4v) is 2.91. The second kappa shape index (κ2) is 12.5. The van der Waals surface area contributed by atoms with Crippen LogP contribution in [0.2, 0.25) is 0 Å². The van der Waals surface area contributed by atoms with Gasteiger partial charge in [-0.05, 0) is 74.6 Å². The number of allylic oxidation sites excluding steroid dienone is 1. The van der Waals surface area contributed by atoms with Crippen molar-refractivity contribution in [3.8, 4) is 17.2 Å². The number of aryl methyl sites for hydroxylation is 3. The van der Waals surface area contributed by atoms with Crippen LogP contribution in [0.5, 0.6) is 17.2 Å². The molecule has 0 fully saturated rings. The van der Waals surface area contributed by atoms with Crippen LogP contribution in [0.25, 0.3) is 0 Å². The van der Waals surface area contributed by atoms with Gasteiger partial charge in [-0.1, -0.05) is 29.4 Å². The minimum atomic E-state index is 0.477. The van der Waals surface area contributed by atoms with Gasteiger partial charge in [0.05, 0.1) is 0 Å². The summed E-state index contributed by atoms with van der Waals surface area (Å²) in [5.74, 6) is 2.59. The lowest BCUT2D eigenvalue weighted by Gasteiger charge is -2.15. The third-order valence-corrected chi connectivity index (χ3v) is 4.25. The highest BCUT2D eigenvalue weighted by Gasteiger charge is 2.07. The van der Waals surface area contributed by atoms with Crippen molar-refractivity contribution in [3.05, 3.63) is 65.2 Å². The van der Waals surface area contributed by atoms with E-state index in [4.69, 9.17) is 14.2 Å². The summed E-state index contributed by atoms with van der Waals surface area (Å²) in [5, 5.41) is 3.75. The smallest absolute Gasteiger partial charge is 0.125 e. The van der Waals surface area contributed by atoms with Crippen molar-refractivity contribution in [2.75, 3.05) is 26.9 Å². The average Bonchev–Trinajstić information content (AvgIpc) is 2.71. The molecule has 156 valence electrons. The Kier molecular flexibility index (Phi) is 9.63. The maximum absolute atomic E-state index is 5.97. The van der Waals surface area contributed by atoms with Gasteiger partial charge in [0.15, 0.2) is 0 Å². The number of benzene rings is 2. The van der Waals surface area contributed by atoms with Gasteiger partial charge in [0.1, 0.15) is 44.2 Å². The Labute approximate surface area is 173 Å². The molecule has 0 heterocycles. The first kappa shape index (κ1) is 22.3. The lowest BCUT2D eigenvalue weighted by Crippen LogP contribution is -2.10. The highest BCUT2D eigenvalue weighted by Crippen LogP contribution is 2.28. The average molecular weight is 398 g/mol. The van der Waals surface area contributed by atoms with Gasteiger partial charge < -0.3 is 19.0 Å². The number of rotatable bonds is 12. The zero-order valence-corrected chi connectivity index (χ0v) is 17.8. The molecule has 0 radical (unpaired) electrons. The third-order valence-electron chi connectivity index (χ3n) is 4.25. The number of hydrogen-bond acceptors (Lipinski definition) is 5. The number of nitrogens with zero attached hydrogens (tertiary/aromatic N) is 1. The van der Waals surface area contributed by atoms with Crippen molar-refractivity contribution in [1.82, 2.24) is 0 Å². The van der Waals surface area contributed by atoms with Crippen LogP contribution in [-0.4, -0.2) is 33.1 Å². The quantitative estimate of drug-likeness (QED) is 0.212. The van der Waals surface area contributed by atoms with Crippen molar-refractivity contribution in [2.24, 2.45) is 5.16 Å². The molecule has 0 saturated carbocycles. The lowest BCUT2D eigenvalue weighted by molar-refractivity contribution is 0.214. The van der Waals surface area contributed by atoms with Crippen LogP contribution in [0.1, 0.15) is 30.0 Å². The number of oxime groups is 1. The van der Waals surface area contributed by atoms with Crippen LogP contribution in [0.4, 0.5) is 0 Å². The summed E-state index contributed by atoms with van der Waals surface area (Å²) in [7, 11) is 1.54. The summed E-state index contributed by atoms with van der Waals surface area (Å²) in [6.45, 7) is 7.57. The van der Waals surface area contributed by atoms with Gasteiger partial charge in [0, 0.05) is 6.21 Å². The van der Waals surface area contributed by atoms with E-state index in [1.165, 1.54) is 5.56 Å². The van der Waals surface area contributed by atoms with Crippen LogP contribution >= 0.6 is 0 Å². The molecule has 5 nitrogen and oxygen atoms in total. The van der Waals surface area contributed by atoms with Crippen molar-refractivity contribution in [2.45, 2.75) is 33.6 Å². The SMILES string of the molecule is C/C=C/COc1cc(C)c(OCCOc2cccc(CCC=NOC)c2)c(C)c1. The molecule has 29 heavy (non-hydrogen) atoms. The van der Waals surface area contributed by atoms with E-state index in [2.05, 4.69) is 16.1 Å². The molecule has 2 aromatic carbocycles. The first-order valence-corrected chi connectivity index (χ1v) is 9.88. The van der Waals surface area contributed by atoms with Crippen LogP contribution in [-0.2, 0) is 11.3 Å². The minimum Gasteiger partial charge on any atom is -0.490 e. The Hall–Kier alpha value is -2.95. The van der Waals surface area contributed by atoms with E-state index in [0.717, 1.165) is 41.2 Å². The molecular weight excluding hydrogens is 366 g/mol. The Morgan fingerprint density at radius 2 is 1.69 bits per heavy atom. The molecular formula is C24H31NO4. The topological polar surface area (TPSA) is 49.3 Å². The van der Waals surface area contributed by atoms with E-state index < -0.39 is 0 Å². The van der Waals surface area contributed by atoms with Crippen LogP contribution in [0, 0.1) is 13.8 Å². The van der Waals surface area contributed by atoms with Gasteiger partial charge in [-0.25, -0.2) is 0 Å². The highest BCUT2D eigenvalue weighted by molar-refractivity contribution is 5.56. The van der Waals surface area contributed by atoms with Gasteiger partial charge in [-0.2, -0.15) is 0 Å². The number of hydrogen-bond donors (Lipinski definition) is 0. The first-order chi connectivity index (χ1) is 14.1. The Morgan fingerprint density at radius 3 is 2.41 bits per heavy atom. The van der Waals surface area contributed by atoms with Gasteiger partial charge in [0.2, 0.25) is 0 Å². The first-order valence-electron chi connectivity index (χ1n) is 9.88. The molecule has 0 aliphatic heterocycles. The molecule has 0 bridgehead atoms. The summed E-state index contributed by atoms with van der Waals surface area (Å²) in [4.78, 5) is 4.67. The summed E-state index contributed by atoms with van der Waals surface area (Å²) in [6.07, 6.45) is 7.44. The molecule has 0 aliphatic rings. The fourth-order valence-electron chi connectivity index (χ4n) is 2.91. The van der Waals surface area contributed by atoms with Gasteiger partial charge in [0.25, 0.3) is 0 Å². The van der Waals surface area contributed by atoms with E-state index in [0.29, 0.717) is 19.8 Å². The molecule has 5 heteroatoms.